The minimum atomic E-state index is -2.88. The number of hydrogen-bond donors (Lipinski definition) is 6. The van der Waals surface area contributed by atoms with Gasteiger partial charge in [-0.05, 0) is 117 Å². The molecule has 9 rings (SSSR count). The maximum atomic E-state index is 14.6. The predicted octanol–water partition coefficient (Wildman–Crippen LogP) is 10.4. The Kier molecular flexibility index (Phi) is 28.1. The molecule has 0 spiro atoms. The number of fused-ring (bicyclic) bond motifs is 1. The first-order chi connectivity index (χ1) is 40.6. The summed E-state index contributed by atoms with van der Waals surface area (Å²) in [7, 11) is 0. The Morgan fingerprint density at radius 1 is 0.791 bits per heavy atom. The van der Waals surface area contributed by atoms with Crippen LogP contribution in [0.5, 0.6) is 0 Å². The molecule has 2 atom stereocenters. The zero-order chi connectivity index (χ0) is 63.9. The number of carboxylic acid groups (broad SMARTS) is 1. The maximum absolute atomic E-state index is 14.6. The van der Waals surface area contributed by atoms with Gasteiger partial charge in [0.1, 0.15) is 17.5 Å². The van der Waals surface area contributed by atoms with Crippen molar-refractivity contribution in [1.29, 1.82) is 5.53 Å². The number of nitrogens with two attached hydrogens (primary N) is 1. The second-order valence-corrected chi connectivity index (χ2v) is 21.1. The van der Waals surface area contributed by atoms with E-state index in [-0.39, 0.29) is 110 Å². The molecule has 0 bridgehead atoms. The zero-order valence-electron chi connectivity index (χ0n) is 44.2. The summed E-state index contributed by atoms with van der Waals surface area (Å²) in [6.45, 7) is 0.347. The van der Waals surface area contributed by atoms with Gasteiger partial charge >= 0.3 is 5.97 Å². The van der Waals surface area contributed by atoms with Crippen molar-refractivity contribution in [2.45, 2.75) is 68.5 Å². The van der Waals surface area contributed by atoms with E-state index in [9.17, 15) is 68.6 Å². The van der Waals surface area contributed by atoms with Gasteiger partial charge < -0.3 is 82.7 Å². The predicted molar refractivity (Wildman–Crippen MR) is 310 cm³/mol. The number of anilines is 3. The van der Waals surface area contributed by atoms with Gasteiger partial charge in [-0.15, -0.1) is 0 Å². The third-order valence-corrected chi connectivity index (χ3v) is 13.9. The van der Waals surface area contributed by atoms with E-state index in [0.717, 1.165) is 31.6 Å². The number of nitrogens with zero attached hydrogens (tertiary/aromatic N) is 11. The monoisotopic (exact) mass is 1480 g/mol. The van der Waals surface area contributed by atoms with Gasteiger partial charge in [-0.25, -0.2) is 44.3 Å². The van der Waals surface area contributed by atoms with Crippen LogP contribution in [0.1, 0.15) is 69.6 Å². The summed E-state index contributed by atoms with van der Waals surface area (Å²) in [5, 5.41) is 35.9. The number of aliphatic hydroxyl groups is 1. The van der Waals surface area contributed by atoms with E-state index in [0.29, 0.717) is 27.6 Å². The van der Waals surface area contributed by atoms with Crippen LogP contribution in [0.25, 0.3) is 21.3 Å². The number of carbonyl (C=O) groups is 5. The number of carbonyl (C=O) groups excluding carboxylic acids is 4. The SMILES string of the molecule is FC1(F)CCNCC1.N=NN=N[S-].Nc1noc2cc(NC(=O)[C@H](O)[C@H]3OCCN(c4ccc(F)c(C(=O)N5CCC(F)(F)CC5)c4)C3=O)ccc12.O=C(O)c1cc(I)ccc1F.O=C(c1cc(I)ccc1F)N1CCC(F)(F)CC1.[N-]=NN=S=[N-]. The Balaban J connectivity index is 0.000000275. The average molecular weight is 1480 g/mol. The van der Waals surface area contributed by atoms with Crippen LogP contribution >= 0.6 is 45.2 Å². The summed E-state index contributed by atoms with van der Waals surface area (Å²) in [4.78, 5) is 64.7. The summed E-state index contributed by atoms with van der Waals surface area (Å²) in [5.41, 5.74) is 18.9. The van der Waals surface area contributed by atoms with E-state index in [1.165, 1.54) is 47.4 Å². The maximum Gasteiger partial charge on any atom is 0.338 e. The fourth-order valence-corrected chi connectivity index (χ4v) is 8.94. The number of benzene rings is 4. The molecule has 4 amide bonds. The highest BCUT2D eigenvalue weighted by Crippen LogP contribution is 2.32. The first-order valence-electron chi connectivity index (χ1n) is 24.7. The van der Waals surface area contributed by atoms with Crippen LogP contribution in [0, 0.1) is 30.1 Å². The van der Waals surface area contributed by atoms with Gasteiger partial charge in [0.2, 0.25) is 0 Å². The molecule has 0 unspecified atom stereocenters. The number of ether oxygens (including phenoxy) is 1. The fourth-order valence-electron chi connectivity index (χ4n) is 7.89. The van der Waals surface area contributed by atoms with Crippen molar-refractivity contribution in [3.05, 3.63) is 124 Å². The summed E-state index contributed by atoms with van der Waals surface area (Å²) in [6.07, 6.45) is -5.24. The second-order valence-electron chi connectivity index (χ2n) is 18.1. The van der Waals surface area contributed by atoms with Crippen molar-refractivity contribution in [3.63, 3.8) is 0 Å². The molecular weight excluding hydrogens is 1430 g/mol. The minimum Gasteiger partial charge on any atom is -0.751 e. The minimum absolute atomic E-state index is 0.00244. The Labute approximate surface area is 518 Å². The summed E-state index contributed by atoms with van der Waals surface area (Å²) in [6, 6.07) is 16.1. The summed E-state index contributed by atoms with van der Waals surface area (Å²) >= 11 is 7.91. The van der Waals surface area contributed by atoms with Gasteiger partial charge in [-0.2, -0.15) is 5.53 Å². The van der Waals surface area contributed by atoms with Crippen molar-refractivity contribution >= 4 is 127 Å². The number of morpholine rings is 1. The molecular formula is C49H49F9I2N15O9S2-3. The highest BCUT2D eigenvalue weighted by molar-refractivity contribution is 14.1. The molecule has 0 saturated carbocycles. The zero-order valence-corrected chi connectivity index (χ0v) is 50.2. The molecule has 7 N–H and O–H groups in total. The number of amides is 4. The van der Waals surface area contributed by atoms with Gasteiger partial charge in [0.25, 0.3) is 41.4 Å². The molecule has 0 aliphatic carbocycles. The molecule has 466 valence electrons. The summed E-state index contributed by atoms with van der Waals surface area (Å²) < 4.78 is 143. The van der Waals surface area contributed by atoms with E-state index in [1.54, 1.807) is 12.1 Å². The number of aliphatic hydroxyl groups excluding tert-OH is 1. The number of piperidine rings is 3. The first-order valence-corrected chi connectivity index (χ1v) is 28.0. The number of aromatic nitrogens is 1. The Bertz CT molecular complexity index is 3280. The molecule has 24 nitrogen and oxygen atoms in total. The van der Waals surface area contributed by atoms with Gasteiger partial charge in [-0.3, -0.25) is 35.8 Å². The Morgan fingerprint density at radius 2 is 1.29 bits per heavy atom. The Morgan fingerprint density at radius 3 is 1.73 bits per heavy atom. The lowest BCUT2D eigenvalue weighted by atomic mass is 10.0. The van der Waals surface area contributed by atoms with E-state index in [1.807, 2.05) is 45.2 Å². The third-order valence-electron chi connectivity index (χ3n) is 12.3. The largest absolute Gasteiger partial charge is 0.751 e. The number of hydrogen-bond acceptors (Lipinski definition) is 14. The Hall–Kier alpha value is -6.95. The molecule has 1 aromatic heterocycles. The number of nitrogen functional groups attached to an aromatic ring is 1. The molecule has 4 aliphatic rings. The molecule has 4 aliphatic heterocycles. The molecule has 5 aromatic rings. The molecule has 4 saturated heterocycles. The standard InChI is InChI=1S/C25H24F3N5O6.C12H11F3INO.C7H4FIO2.C5H9F2N.N4S.H2N4S/c26-17-4-2-14(12-16(17)23(36)32-7-5-25(27,28)6-8-32)33-9-10-38-20(24(33)37)19(34)22(35)30-13-1-3-15-18(11-13)39-31-21(15)29;13-10-2-1-8(16)7-9(10)11(18)17-5-3-12(14,15)4-6-17;8-6-2-1-4(9)3-5(6)7(10)11;6-5(7)1-3-8-4-2-5;1-3-4-5-2;1-2-3-4-5/h1-4,11-12,19-20,34H,5-10H2,(H2,29,31)(H,30,35);1-2,7H,3-6H2;1-3H,(H,10,11);8H,1-4H2;;(H2,1,3,5)/q;;;;-2;/p-1/t19-,20-;;;;;/m1...../s1. The number of nitrogens with one attached hydrogen (secondary N) is 3. The lowest BCUT2D eigenvalue weighted by Crippen LogP contribution is -2.55. The number of alkyl halides is 6. The first kappa shape index (κ1) is 71.5. The van der Waals surface area contributed by atoms with E-state index >= 15 is 0 Å². The molecule has 4 aromatic carbocycles. The van der Waals surface area contributed by atoms with Crippen molar-refractivity contribution in [2.24, 2.45) is 24.7 Å². The van der Waals surface area contributed by atoms with Crippen LogP contribution in [-0.2, 0) is 38.5 Å². The van der Waals surface area contributed by atoms with Gasteiger partial charge in [0.15, 0.2) is 23.6 Å². The summed E-state index contributed by atoms with van der Waals surface area (Å²) in [5.74, 6) is -14.2. The van der Waals surface area contributed by atoms with Crippen molar-refractivity contribution in [1.82, 2.24) is 20.3 Å². The van der Waals surface area contributed by atoms with Crippen molar-refractivity contribution in [3.8, 4) is 0 Å². The van der Waals surface area contributed by atoms with Gasteiger partial charge in [0, 0.05) is 109 Å². The second kappa shape index (κ2) is 33.8. The number of carboxylic acids is 1. The smallest absolute Gasteiger partial charge is 0.338 e. The fraction of sp³-hybridized carbons (Fsp3) is 0.388. The normalized spacial score (nSPS) is 17.7. The molecule has 86 heavy (non-hydrogen) atoms. The van der Waals surface area contributed by atoms with E-state index < -0.39 is 89.9 Å². The lowest BCUT2D eigenvalue weighted by Gasteiger charge is -2.34. The highest BCUT2D eigenvalue weighted by Gasteiger charge is 2.41. The van der Waals surface area contributed by atoms with Crippen LogP contribution in [0.3, 0.4) is 0 Å². The molecule has 5 heterocycles. The number of likely N-dealkylation sites (tertiary alicyclic amines) is 2. The van der Waals surface area contributed by atoms with E-state index in [4.69, 9.17) is 35.9 Å². The van der Waals surface area contributed by atoms with Crippen LogP contribution in [0.2, 0.25) is 0 Å². The number of rotatable bonds is 9. The van der Waals surface area contributed by atoms with Crippen LogP contribution < -0.4 is 21.3 Å². The number of halogens is 11. The van der Waals surface area contributed by atoms with Crippen LogP contribution in [-0.4, -0.2) is 137 Å². The number of aromatic carboxylic acids is 1. The van der Waals surface area contributed by atoms with Gasteiger partial charge in [-0.1, -0.05) is 10.4 Å². The molecule has 4 fully saturated rings. The average Bonchev–Trinajstić information content (AvgIpc) is 2.04. The van der Waals surface area contributed by atoms with Crippen molar-refractivity contribution < 1.29 is 83.0 Å². The highest BCUT2D eigenvalue weighted by atomic mass is 127. The van der Waals surface area contributed by atoms with Crippen LogP contribution in [0.4, 0.5) is 56.7 Å². The topological polar surface area (TPSA) is 351 Å². The quantitative estimate of drug-likeness (QED) is 0.0263. The third kappa shape index (κ3) is 22.1. The van der Waals surface area contributed by atoms with Crippen molar-refractivity contribution in [2.75, 3.05) is 68.4 Å². The van der Waals surface area contributed by atoms with E-state index in [2.05, 4.69) is 53.3 Å². The molecule has 37 heteroatoms. The lowest BCUT2D eigenvalue weighted by molar-refractivity contribution is -0.150. The van der Waals surface area contributed by atoms with Crippen LogP contribution in [0.15, 0.2) is 102 Å². The molecule has 0 radical (unpaired) electrons. The van der Waals surface area contributed by atoms with Gasteiger partial charge in [0.05, 0.1) is 28.7 Å².